The fraction of sp³-hybridized carbons (Fsp3) is 0.308. The number of allylic oxidation sites excluding steroid dienone is 1. The molecule has 0 atom stereocenters. The van der Waals surface area contributed by atoms with Crippen LogP contribution < -0.4 is 5.73 Å². The number of aryl methyl sites for hydroxylation is 1. The minimum absolute atomic E-state index is 0.255. The maximum atomic E-state index is 13.8. The van der Waals surface area contributed by atoms with Crippen LogP contribution in [0.2, 0.25) is 0 Å². The molecule has 0 fully saturated rings. The summed E-state index contributed by atoms with van der Waals surface area (Å²) < 4.78 is 13.8. The number of hydrogen-bond donors (Lipinski definition) is 1. The lowest BCUT2D eigenvalue weighted by molar-refractivity contribution is 0.614. The predicted octanol–water partition coefficient (Wildman–Crippen LogP) is 3.13. The average Bonchev–Trinajstić information content (AvgIpc) is 2.29. The molecule has 0 radical (unpaired) electrons. The number of halogens is 1. The Morgan fingerprint density at radius 2 is 2.19 bits per heavy atom. The lowest BCUT2D eigenvalue weighted by Crippen LogP contribution is -2.04. The number of rotatable bonds is 3. The molecule has 0 amide bonds. The zero-order valence-electron chi connectivity index (χ0n) is 9.55. The van der Waals surface area contributed by atoms with E-state index in [2.05, 4.69) is 0 Å². The van der Waals surface area contributed by atoms with Crippen molar-refractivity contribution in [1.29, 1.82) is 5.26 Å². The van der Waals surface area contributed by atoms with Crippen LogP contribution in [0.25, 0.3) is 5.70 Å². The first kappa shape index (κ1) is 12.3. The summed E-state index contributed by atoms with van der Waals surface area (Å²) in [6.07, 6.45) is 1.40. The fourth-order valence-electron chi connectivity index (χ4n) is 1.52. The molecular formula is C13H15FN2. The van der Waals surface area contributed by atoms with Gasteiger partial charge >= 0.3 is 0 Å². The first-order valence-corrected chi connectivity index (χ1v) is 5.26. The van der Waals surface area contributed by atoms with Crippen molar-refractivity contribution in [3.8, 4) is 6.07 Å². The van der Waals surface area contributed by atoms with E-state index >= 15 is 0 Å². The molecule has 0 aromatic heterocycles. The molecule has 2 nitrogen and oxygen atoms in total. The van der Waals surface area contributed by atoms with Crippen molar-refractivity contribution in [2.24, 2.45) is 5.73 Å². The second-order valence-electron chi connectivity index (χ2n) is 3.69. The molecule has 0 bridgehead atoms. The normalized spacial score (nSPS) is 11.9. The second-order valence-corrected chi connectivity index (χ2v) is 3.69. The summed E-state index contributed by atoms with van der Waals surface area (Å²) in [7, 11) is 0. The van der Waals surface area contributed by atoms with Gasteiger partial charge in [-0.1, -0.05) is 25.5 Å². The van der Waals surface area contributed by atoms with Crippen LogP contribution in [-0.4, -0.2) is 0 Å². The summed E-state index contributed by atoms with van der Waals surface area (Å²) in [6.45, 7) is 3.63. The number of nitriles is 1. The number of nitrogens with two attached hydrogens (primary N) is 1. The Morgan fingerprint density at radius 3 is 2.75 bits per heavy atom. The summed E-state index contributed by atoms with van der Waals surface area (Å²) in [6, 6.07) is 7.05. The maximum absolute atomic E-state index is 13.8. The van der Waals surface area contributed by atoms with Gasteiger partial charge in [0.1, 0.15) is 5.82 Å². The molecule has 2 N–H and O–H groups in total. The topological polar surface area (TPSA) is 49.8 Å². The third-order valence-electron chi connectivity index (χ3n) is 2.44. The molecular weight excluding hydrogens is 203 g/mol. The van der Waals surface area contributed by atoms with Crippen LogP contribution >= 0.6 is 0 Å². The van der Waals surface area contributed by atoms with Crippen LogP contribution in [0.15, 0.2) is 23.8 Å². The Morgan fingerprint density at radius 1 is 1.50 bits per heavy atom. The lowest BCUT2D eigenvalue weighted by atomic mass is 10.0. The van der Waals surface area contributed by atoms with E-state index in [-0.39, 0.29) is 11.5 Å². The van der Waals surface area contributed by atoms with Gasteiger partial charge in [0.2, 0.25) is 0 Å². The molecule has 0 saturated heterocycles. The van der Waals surface area contributed by atoms with Crippen molar-refractivity contribution in [2.45, 2.75) is 26.7 Å². The van der Waals surface area contributed by atoms with Gasteiger partial charge in [0.15, 0.2) is 0 Å². The van der Waals surface area contributed by atoms with E-state index in [0.29, 0.717) is 23.1 Å². The van der Waals surface area contributed by atoms with Gasteiger partial charge in [0.25, 0.3) is 0 Å². The van der Waals surface area contributed by atoms with Crippen LogP contribution in [-0.2, 0) is 0 Å². The van der Waals surface area contributed by atoms with Crippen LogP contribution in [0.1, 0.15) is 30.9 Å². The second kappa shape index (κ2) is 5.32. The zero-order valence-corrected chi connectivity index (χ0v) is 9.55. The van der Waals surface area contributed by atoms with Gasteiger partial charge in [0.05, 0.1) is 17.3 Å². The summed E-state index contributed by atoms with van der Waals surface area (Å²) in [4.78, 5) is 0. The molecule has 0 spiro atoms. The first-order valence-electron chi connectivity index (χ1n) is 5.26. The zero-order chi connectivity index (χ0) is 12.1. The van der Waals surface area contributed by atoms with Gasteiger partial charge in [-0.25, -0.2) is 4.39 Å². The van der Waals surface area contributed by atoms with Crippen molar-refractivity contribution in [1.82, 2.24) is 0 Å². The van der Waals surface area contributed by atoms with Gasteiger partial charge in [0, 0.05) is 5.56 Å². The highest BCUT2D eigenvalue weighted by Gasteiger charge is 2.11. The standard InChI is InChI=1S/C13H15FN2/c1-3-5-10(8-15)13(16)11-7-4-6-9(2)12(11)14/h4,6-7H,3,5,16H2,1-2H3/b13-10-. The van der Waals surface area contributed by atoms with Crippen molar-refractivity contribution in [2.75, 3.05) is 0 Å². The molecule has 3 heteroatoms. The van der Waals surface area contributed by atoms with E-state index in [1.54, 1.807) is 25.1 Å². The Kier molecular flexibility index (Phi) is 4.07. The van der Waals surface area contributed by atoms with Gasteiger partial charge in [-0.3, -0.25) is 0 Å². The summed E-state index contributed by atoms with van der Waals surface area (Å²) >= 11 is 0. The third-order valence-corrected chi connectivity index (χ3v) is 2.44. The number of hydrogen-bond acceptors (Lipinski definition) is 2. The van der Waals surface area contributed by atoms with Crippen LogP contribution in [0, 0.1) is 24.1 Å². The first-order chi connectivity index (χ1) is 7.61. The largest absolute Gasteiger partial charge is 0.397 e. The van der Waals surface area contributed by atoms with E-state index < -0.39 is 0 Å². The Labute approximate surface area is 95.2 Å². The van der Waals surface area contributed by atoms with Crippen LogP contribution in [0.5, 0.6) is 0 Å². The maximum Gasteiger partial charge on any atom is 0.135 e. The van der Waals surface area contributed by atoms with E-state index in [0.717, 1.165) is 6.42 Å². The minimum Gasteiger partial charge on any atom is -0.397 e. The molecule has 0 saturated carbocycles. The van der Waals surface area contributed by atoms with E-state index in [1.807, 2.05) is 13.0 Å². The summed E-state index contributed by atoms with van der Waals surface area (Å²) in [5, 5.41) is 8.94. The number of benzene rings is 1. The van der Waals surface area contributed by atoms with E-state index in [4.69, 9.17) is 11.0 Å². The third kappa shape index (κ3) is 2.40. The molecule has 1 aromatic carbocycles. The van der Waals surface area contributed by atoms with Crippen molar-refractivity contribution in [3.63, 3.8) is 0 Å². The van der Waals surface area contributed by atoms with E-state index in [1.165, 1.54) is 0 Å². The van der Waals surface area contributed by atoms with Gasteiger partial charge in [-0.15, -0.1) is 0 Å². The van der Waals surface area contributed by atoms with Gasteiger partial charge in [-0.05, 0) is 25.0 Å². The summed E-state index contributed by atoms with van der Waals surface area (Å²) in [5.74, 6) is -0.344. The molecule has 1 rings (SSSR count). The number of nitrogens with zero attached hydrogens (tertiary/aromatic N) is 1. The quantitative estimate of drug-likeness (QED) is 0.792. The highest BCUT2D eigenvalue weighted by molar-refractivity contribution is 5.69. The molecule has 0 aliphatic heterocycles. The van der Waals surface area contributed by atoms with Crippen molar-refractivity contribution in [3.05, 3.63) is 40.7 Å². The highest BCUT2D eigenvalue weighted by Crippen LogP contribution is 2.21. The molecule has 0 aliphatic carbocycles. The lowest BCUT2D eigenvalue weighted by Gasteiger charge is -2.08. The molecule has 0 aliphatic rings. The fourth-order valence-corrected chi connectivity index (χ4v) is 1.52. The minimum atomic E-state index is -0.344. The molecule has 0 unspecified atom stereocenters. The Hall–Kier alpha value is -1.82. The molecule has 84 valence electrons. The van der Waals surface area contributed by atoms with Crippen LogP contribution in [0.3, 0.4) is 0 Å². The summed E-state index contributed by atoms with van der Waals surface area (Å²) in [5.41, 5.74) is 7.39. The van der Waals surface area contributed by atoms with Crippen molar-refractivity contribution >= 4 is 5.70 Å². The predicted molar refractivity (Wildman–Crippen MR) is 62.8 cm³/mol. The highest BCUT2D eigenvalue weighted by atomic mass is 19.1. The van der Waals surface area contributed by atoms with E-state index in [9.17, 15) is 4.39 Å². The van der Waals surface area contributed by atoms with Crippen molar-refractivity contribution < 1.29 is 4.39 Å². The molecule has 1 aromatic rings. The smallest absolute Gasteiger partial charge is 0.135 e. The monoisotopic (exact) mass is 218 g/mol. The molecule has 16 heavy (non-hydrogen) atoms. The SMILES string of the molecule is CCC/C(C#N)=C(/N)c1cccc(C)c1F. The Balaban J connectivity index is 3.28. The van der Waals surface area contributed by atoms with Crippen LogP contribution in [0.4, 0.5) is 4.39 Å². The molecule has 0 heterocycles. The van der Waals surface area contributed by atoms with Gasteiger partial charge < -0.3 is 5.73 Å². The average molecular weight is 218 g/mol. The van der Waals surface area contributed by atoms with Gasteiger partial charge in [-0.2, -0.15) is 5.26 Å². The Bertz CT molecular complexity index is 455.